The molecule has 1 saturated carbocycles. The van der Waals surface area contributed by atoms with Crippen LogP contribution in [0.2, 0.25) is 0 Å². The van der Waals surface area contributed by atoms with Crippen molar-refractivity contribution in [2.75, 3.05) is 18.5 Å². The van der Waals surface area contributed by atoms with Crippen LogP contribution in [0.3, 0.4) is 0 Å². The van der Waals surface area contributed by atoms with Gasteiger partial charge >= 0.3 is 5.97 Å². The maximum atomic E-state index is 11.8. The number of anilines is 1. The van der Waals surface area contributed by atoms with Gasteiger partial charge in [0.25, 0.3) is 0 Å². The minimum Gasteiger partial charge on any atom is -0.476 e. The quantitative estimate of drug-likeness (QED) is 0.798. The number of amides is 1. The Morgan fingerprint density at radius 1 is 1.39 bits per heavy atom. The molecule has 0 aliphatic heterocycles. The monoisotopic (exact) mass is 316 g/mol. The molecule has 120 valence electrons. The number of carboxylic acid groups (broad SMARTS) is 1. The fraction of sp³-hybridized carbons (Fsp3) is 0.333. The number of hydrogen-bond acceptors (Lipinski definition) is 5. The van der Waals surface area contributed by atoms with Gasteiger partial charge in [0, 0.05) is 5.69 Å². The minimum atomic E-state index is -1.14. The zero-order valence-electron chi connectivity index (χ0n) is 12.3. The first-order chi connectivity index (χ1) is 11.1. The topological polar surface area (TPSA) is 106 Å². The second-order valence-electron chi connectivity index (χ2n) is 5.41. The molecule has 3 rings (SSSR count). The van der Waals surface area contributed by atoms with E-state index in [0.29, 0.717) is 23.9 Å². The number of carbonyl (C=O) groups excluding carboxylic acids is 1. The van der Waals surface area contributed by atoms with Gasteiger partial charge in [0.15, 0.2) is 5.69 Å². The highest BCUT2D eigenvalue weighted by molar-refractivity contribution is 5.92. The lowest BCUT2D eigenvalue weighted by Gasteiger charge is -2.07. The third kappa shape index (κ3) is 4.13. The number of benzene rings is 1. The van der Waals surface area contributed by atoms with Gasteiger partial charge in [0.05, 0.1) is 18.5 Å². The molecule has 8 nitrogen and oxygen atoms in total. The second-order valence-corrected chi connectivity index (χ2v) is 5.41. The maximum Gasteiger partial charge on any atom is 0.358 e. The van der Waals surface area contributed by atoms with Crippen LogP contribution in [-0.4, -0.2) is 45.2 Å². The summed E-state index contributed by atoms with van der Waals surface area (Å²) in [5.41, 5.74) is 1.03. The lowest BCUT2D eigenvalue weighted by Crippen LogP contribution is -2.19. The molecular formula is C15H16N4O4. The first-order valence-electron chi connectivity index (χ1n) is 7.25. The molecule has 8 heteroatoms. The summed E-state index contributed by atoms with van der Waals surface area (Å²) in [6.07, 6.45) is 3.67. The lowest BCUT2D eigenvalue weighted by molar-refractivity contribution is -0.120. The molecule has 2 aromatic rings. The van der Waals surface area contributed by atoms with Crippen molar-refractivity contribution in [3.05, 3.63) is 36.2 Å². The predicted octanol–water partition coefficient (Wildman–Crippen LogP) is 1.33. The van der Waals surface area contributed by atoms with Crippen molar-refractivity contribution < 1.29 is 19.4 Å². The Labute approximate surface area is 132 Å². The van der Waals surface area contributed by atoms with Gasteiger partial charge in [-0.2, -0.15) is 0 Å². The zero-order chi connectivity index (χ0) is 16.2. The van der Waals surface area contributed by atoms with Gasteiger partial charge in [-0.25, -0.2) is 9.48 Å². The molecule has 1 aliphatic rings. The summed E-state index contributed by atoms with van der Waals surface area (Å²) >= 11 is 0. The average molecular weight is 316 g/mol. The van der Waals surface area contributed by atoms with Gasteiger partial charge in [0.1, 0.15) is 6.61 Å². The van der Waals surface area contributed by atoms with Gasteiger partial charge in [-0.3, -0.25) is 4.79 Å². The van der Waals surface area contributed by atoms with Crippen LogP contribution in [0, 0.1) is 5.92 Å². The van der Waals surface area contributed by atoms with Crippen molar-refractivity contribution >= 4 is 17.6 Å². The molecule has 0 radical (unpaired) electrons. The van der Waals surface area contributed by atoms with E-state index in [1.807, 2.05) is 0 Å². The maximum absolute atomic E-state index is 11.8. The number of aromatic carboxylic acids is 1. The number of aromatic nitrogens is 3. The Balaban J connectivity index is 1.61. The molecule has 1 amide bonds. The smallest absolute Gasteiger partial charge is 0.358 e. The fourth-order valence-corrected chi connectivity index (χ4v) is 2.01. The Hall–Kier alpha value is -2.74. The number of hydrogen-bond donors (Lipinski definition) is 2. The third-order valence-corrected chi connectivity index (χ3v) is 3.39. The average Bonchev–Trinajstić information content (AvgIpc) is 3.20. The van der Waals surface area contributed by atoms with Crippen molar-refractivity contribution in [1.82, 2.24) is 15.0 Å². The van der Waals surface area contributed by atoms with E-state index in [1.165, 1.54) is 23.7 Å². The van der Waals surface area contributed by atoms with Crippen LogP contribution in [0.4, 0.5) is 5.69 Å². The van der Waals surface area contributed by atoms with Crippen LogP contribution in [0.25, 0.3) is 5.69 Å². The standard InChI is InChI=1S/C15H16N4O4/c20-14(9-23-8-10-4-5-10)16-11-2-1-3-12(6-11)19-7-13(15(21)22)17-18-19/h1-3,6-7,10H,4-5,8-9H2,(H,16,20)(H,21,22). The van der Waals surface area contributed by atoms with Crippen LogP contribution in [0.15, 0.2) is 30.5 Å². The van der Waals surface area contributed by atoms with Crippen LogP contribution in [0.5, 0.6) is 0 Å². The Morgan fingerprint density at radius 3 is 2.91 bits per heavy atom. The number of carboxylic acids is 1. The van der Waals surface area contributed by atoms with Gasteiger partial charge in [-0.15, -0.1) is 5.10 Å². The highest BCUT2D eigenvalue weighted by Gasteiger charge is 2.21. The molecule has 0 unspecified atom stereocenters. The Bertz CT molecular complexity index is 724. The first kappa shape index (κ1) is 15.2. The molecule has 1 aromatic heterocycles. The van der Waals surface area contributed by atoms with Crippen LogP contribution in [-0.2, 0) is 9.53 Å². The SMILES string of the molecule is O=C(COCC1CC1)Nc1cccc(-n2cc(C(=O)O)nn2)c1. The Morgan fingerprint density at radius 2 is 2.22 bits per heavy atom. The summed E-state index contributed by atoms with van der Waals surface area (Å²) in [6, 6.07) is 6.88. The highest BCUT2D eigenvalue weighted by atomic mass is 16.5. The molecule has 0 atom stereocenters. The molecule has 23 heavy (non-hydrogen) atoms. The largest absolute Gasteiger partial charge is 0.476 e. The van der Waals surface area contributed by atoms with Crippen molar-refractivity contribution in [3.63, 3.8) is 0 Å². The summed E-state index contributed by atoms with van der Waals surface area (Å²) in [4.78, 5) is 22.6. The van der Waals surface area contributed by atoms with E-state index in [-0.39, 0.29) is 18.2 Å². The number of rotatable bonds is 7. The predicted molar refractivity (Wildman–Crippen MR) is 80.5 cm³/mol. The molecule has 0 bridgehead atoms. The van der Waals surface area contributed by atoms with Crippen LogP contribution < -0.4 is 5.32 Å². The van der Waals surface area contributed by atoms with E-state index >= 15 is 0 Å². The van der Waals surface area contributed by atoms with E-state index in [0.717, 1.165) is 0 Å². The van der Waals surface area contributed by atoms with Crippen molar-refractivity contribution in [2.24, 2.45) is 5.92 Å². The third-order valence-electron chi connectivity index (χ3n) is 3.39. The fourth-order valence-electron chi connectivity index (χ4n) is 2.01. The number of ether oxygens (including phenoxy) is 1. The molecule has 1 heterocycles. The van der Waals surface area contributed by atoms with Gasteiger partial charge < -0.3 is 15.2 Å². The number of nitrogens with zero attached hydrogens (tertiary/aromatic N) is 3. The number of carbonyl (C=O) groups is 2. The van der Waals surface area contributed by atoms with E-state index in [2.05, 4.69) is 15.6 Å². The van der Waals surface area contributed by atoms with E-state index < -0.39 is 5.97 Å². The van der Waals surface area contributed by atoms with E-state index in [4.69, 9.17) is 9.84 Å². The lowest BCUT2D eigenvalue weighted by atomic mass is 10.2. The van der Waals surface area contributed by atoms with Crippen molar-refractivity contribution in [3.8, 4) is 5.69 Å². The van der Waals surface area contributed by atoms with Crippen LogP contribution in [0.1, 0.15) is 23.3 Å². The molecule has 0 spiro atoms. The second kappa shape index (κ2) is 6.57. The van der Waals surface area contributed by atoms with Gasteiger partial charge in [-0.05, 0) is 37.0 Å². The molecule has 0 saturated heterocycles. The summed E-state index contributed by atoms with van der Waals surface area (Å²) in [6.45, 7) is 0.650. The zero-order valence-corrected chi connectivity index (χ0v) is 12.3. The summed E-state index contributed by atoms with van der Waals surface area (Å²) in [5.74, 6) is -0.761. The normalized spacial score (nSPS) is 13.7. The number of nitrogens with one attached hydrogen (secondary N) is 1. The first-order valence-corrected chi connectivity index (χ1v) is 7.25. The molecular weight excluding hydrogens is 300 g/mol. The summed E-state index contributed by atoms with van der Waals surface area (Å²) in [7, 11) is 0. The van der Waals surface area contributed by atoms with Gasteiger partial charge in [0.2, 0.25) is 5.91 Å². The van der Waals surface area contributed by atoms with Crippen molar-refractivity contribution in [1.29, 1.82) is 0 Å². The van der Waals surface area contributed by atoms with Gasteiger partial charge in [-0.1, -0.05) is 11.3 Å². The Kier molecular flexibility index (Phi) is 4.33. The summed E-state index contributed by atoms with van der Waals surface area (Å²) in [5, 5.41) is 18.9. The molecule has 2 N–H and O–H groups in total. The van der Waals surface area contributed by atoms with Crippen molar-refractivity contribution in [2.45, 2.75) is 12.8 Å². The molecule has 1 aliphatic carbocycles. The van der Waals surface area contributed by atoms with E-state index in [9.17, 15) is 9.59 Å². The van der Waals surface area contributed by atoms with E-state index in [1.54, 1.807) is 24.3 Å². The van der Waals surface area contributed by atoms with Crippen LogP contribution >= 0.6 is 0 Å². The molecule has 1 aromatic carbocycles. The highest BCUT2D eigenvalue weighted by Crippen LogP contribution is 2.28. The minimum absolute atomic E-state index is 0.0210. The molecule has 1 fully saturated rings. The summed E-state index contributed by atoms with van der Waals surface area (Å²) < 4.78 is 6.67.